The summed E-state index contributed by atoms with van der Waals surface area (Å²) >= 11 is 0. The molecule has 0 bridgehead atoms. The molecule has 0 spiro atoms. The van der Waals surface area contributed by atoms with Gasteiger partial charge in [0.05, 0.1) is 11.8 Å². The third-order valence-corrected chi connectivity index (χ3v) is 4.44. The summed E-state index contributed by atoms with van der Waals surface area (Å²) in [6.45, 7) is 2.84. The molecule has 0 aromatic heterocycles. The van der Waals surface area contributed by atoms with Gasteiger partial charge in [-0.1, -0.05) is 51.9 Å². The van der Waals surface area contributed by atoms with Gasteiger partial charge >= 0.3 is 0 Å². The Morgan fingerprint density at radius 1 is 1.05 bits per heavy atom. The molecule has 1 atom stereocenters. The van der Waals surface area contributed by atoms with Gasteiger partial charge in [-0.3, -0.25) is 4.79 Å². The minimum absolute atomic E-state index is 0.0423. The van der Waals surface area contributed by atoms with Crippen molar-refractivity contribution in [2.75, 3.05) is 18.6 Å². The van der Waals surface area contributed by atoms with E-state index in [1.807, 2.05) is 0 Å². The minimum Gasteiger partial charge on any atom is -0.355 e. The number of nitrogens with two attached hydrogens (primary N) is 1. The predicted octanol–water partition coefficient (Wildman–Crippen LogP) is 2.01. The zero-order chi connectivity index (χ0) is 16.1. The fraction of sp³-hybridized carbons (Fsp3) is 0.933. The van der Waals surface area contributed by atoms with Gasteiger partial charge in [0.2, 0.25) is 5.91 Å². The van der Waals surface area contributed by atoms with E-state index in [4.69, 9.17) is 5.73 Å². The number of hydrogen-bond acceptors (Lipinski definition) is 4. The van der Waals surface area contributed by atoms with Crippen LogP contribution in [0.2, 0.25) is 0 Å². The summed E-state index contributed by atoms with van der Waals surface area (Å²) in [5.41, 5.74) is 5.66. The van der Waals surface area contributed by atoms with Gasteiger partial charge in [-0.05, 0) is 12.8 Å². The summed E-state index contributed by atoms with van der Waals surface area (Å²) in [7, 11) is -3.05. The monoisotopic (exact) mass is 320 g/mol. The van der Waals surface area contributed by atoms with E-state index in [-0.39, 0.29) is 18.1 Å². The molecule has 0 aliphatic rings. The molecular formula is C15H32N2O3S. The number of carbonyl (C=O) groups is 1. The predicted molar refractivity (Wildman–Crippen MR) is 87.9 cm³/mol. The Morgan fingerprint density at radius 3 is 2.10 bits per heavy atom. The molecule has 1 amide bonds. The van der Waals surface area contributed by atoms with Crippen LogP contribution in [-0.2, 0) is 14.6 Å². The first-order valence-corrected chi connectivity index (χ1v) is 10.1. The number of amides is 1. The van der Waals surface area contributed by atoms with Crippen LogP contribution in [0, 0.1) is 0 Å². The topological polar surface area (TPSA) is 89.3 Å². The van der Waals surface area contributed by atoms with Crippen LogP contribution in [0.3, 0.4) is 0 Å². The summed E-state index contributed by atoms with van der Waals surface area (Å²) in [6, 6.07) is -0.728. The molecular weight excluding hydrogens is 288 g/mol. The first-order valence-electron chi connectivity index (χ1n) is 8.08. The highest BCUT2D eigenvalue weighted by Gasteiger charge is 2.15. The van der Waals surface area contributed by atoms with Crippen LogP contribution in [0.5, 0.6) is 0 Å². The van der Waals surface area contributed by atoms with Crippen molar-refractivity contribution >= 4 is 15.7 Å². The lowest BCUT2D eigenvalue weighted by atomic mass is 10.1. The second-order valence-corrected chi connectivity index (χ2v) is 8.05. The fourth-order valence-corrected chi connectivity index (χ4v) is 2.76. The van der Waals surface area contributed by atoms with E-state index in [2.05, 4.69) is 12.2 Å². The van der Waals surface area contributed by atoms with Gasteiger partial charge in [-0.25, -0.2) is 8.42 Å². The molecule has 3 N–H and O–H groups in total. The Kier molecular flexibility index (Phi) is 11.6. The van der Waals surface area contributed by atoms with Crippen molar-refractivity contribution < 1.29 is 13.2 Å². The lowest BCUT2D eigenvalue weighted by molar-refractivity contribution is -0.122. The minimum atomic E-state index is -3.05. The van der Waals surface area contributed by atoms with Gasteiger partial charge in [0.15, 0.2) is 0 Å². The average molecular weight is 320 g/mol. The summed E-state index contributed by atoms with van der Waals surface area (Å²) in [5, 5.41) is 2.77. The Balaban J connectivity index is 3.48. The van der Waals surface area contributed by atoms with Crippen LogP contribution < -0.4 is 11.1 Å². The van der Waals surface area contributed by atoms with Crippen molar-refractivity contribution in [2.24, 2.45) is 5.73 Å². The molecule has 0 saturated heterocycles. The largest absolute Gasteiger partial charge is 0.355 e. The third-order valence-electron chi connectivity index (χ3n) is 3.47. The van der Waals surface area contributed by atoms with Crippen molar-refractivity contribution in [3.05, 3.63) is 0 Å². The maximum Gasteiger partial charge on any atom is 0.236 e. The highest BCUT2D eigenvalue weighted by atomic mass is 32.2. The quantitative estimate of drug-likeness (QED) is 0.508. The van der Waals surface area contributed by atoms with Crippen molar-refractivity contribution in [1.29, 1.82) is 0 Å². The first kappa shape index (κ1) is 20.4. The molecule has 0 fully saturated rings. The standard InChI is InChI=1S/C15H32N2O3S/c1-3-4-5-6-7-8-9-10-12-17-15(18)14(16)11-13-21(2,19)20/h14H,3-13,16H2,1-2H3,(H,17,18). The number of rotatable bonds is 13. The summed E-state index contributed by atoms with van der Waals surface area (Å²) in [4.78, 5) is 11.6. The van der Waals surface area contributed by atoms with E-state index >= 15 is 0 Å². The van der Waals surface area contributed by atoms with Crippen molar-refractivity contribution in [3.63, 3.8) is 0 Å². The molecule has 21 heavy (non-hydrogen) atoms. The maximum atomic E-state index is 11.6. The van der Waals surface area contributed by atoms with Crippen molar-refractivity contribution in [3.8, 4) is 0 Å². The van der Waals surface area contributed by atoms with Crippen molar-refractivity contribution in [2.45, 2.75) is 70.8 Å². The Hall–Kier alpha value is -0.620. The molecule has 0 aromatic carbocycles. The number of unbranched alkanes of at least 4 members (excludes halogenated alkanes) is 7. The molecule has 5 nitrogen and oxygen atoms in total. The van der Waals surface area contributed by atoms with Crippen LogP contribution >= 0.6 is 0 Å². The highest BCUT2D eigenvalue weighted by Crippen LogP contribution is 2.07. The zero-order valence-corrected chi connectivity index (χ0v) is 14.4. The van der Waals surface area contributed by atoms with Crippen LogP contribution in [0.25, 0.3) is 0 Å². The molecule has 0 saturated carbocycles. The molecule has 0 aliphatic heterocycles. The normalized spacial score (nSPS) is 13.1. The molecule has 0 aromatic rings. The number of sulfone groups is 1. The Morgan fingerprint density at radius 2 is 1.57 bits per heavy atom. The highest BCUT2D eigenvalue weighted by molar-refractivity contribution is 7.90. The number of carbonyl (C=O) groups excluding carboxylic acids is 1. The molecule has 0 radical (unpaired) electrons. The smallest absolute Gasteiger partial charge is 0.236 e. The van der Waals surface area contributed by atoms with Gasteiger partial charge in [0.25, 0.3) is 0 Å². The molecule has 6 heteroatoms. The van der Waals surface area contributed by atoms with E-state index in [1.54, 1.807) is 0 Å². The zero-order valence-electron chi connectivity index (χ0n) is 13.6. The van der Waals surface area contributed by atoms with E-state index in [0.717, 1.165) is 19.1 Å². The van der Waals surface area contributed by atoms with Gasteiger partial charge in [-0.15, -0.1) is 0 Å². The second kappa shape index (κ2) is 12.0. The molecule has 126 valence electrons. The summed E-state index contributed by atoms with van der Waals surface area (Å²) in [6.07, 6.45) is 11.1. The van der Waals surface area contributed by atoms with E-state index in [0.29, 0.717) is 6.54 Å². The summed E-state index contributed by atoms with van der Waals surface area (Å²) < 4.78 is 22.0. The Labute approximate surface area is 130 Å². The maximum absolute atomic E-state index is 11.6. The van der Waals surface area contributed by atoms with E-state index < -0.39 is 15.9 Å². The van der Waals surface area contributed by atoms with E-state index in [1.165, 1.54) is 38.5 Å². The van der Waals surface area contributed by atoms with Gasteiger partial charge in [0, 0.05) is 12.8 Å². The lowest BCUT2D eigenvalue weighted by Crippen LogP contribution is -2.41. The number of nitrogens with one attached hydrogen (secondary N) is 1. The average Bonchev–Trinajstić information content (AvgIpc) is 2.41. The fourth-order valence-electron chi connectivity index (χ4n) is 2.07. The SMILES string of the molecule is CCCCCCCCCCNC(=O)C(N)CCS(C)(=O)=O. The van der Waals surface area contributed by atoms with Crippen LogP contribution in [0.15, 0.2) is 0 Å². The second-order valence-electron chi connectivity index (χ2n) is 5.79. The van der Waals surface area contributed by atoms with E-state index in [9.17, 15) is 13.2 Å². The Bertz CT molecular complexity index is 369. The molecule has 0 aliphatic carbocycles. The first-order chi connectivity index (χ1) is 9.87. The molecule has 0 rings (SSSR count). The van der Waals surface area contributed by atoms with Gasteiger partial charge in [0.1, 0.15) is 9.84 Å². The van der Waals surface area contributed by atoms with Crippen LogP contribution in [0.1, 0.15) is 64.7 Å². The lowest BCUT2D eigenvalue weighted by Gasteiger charge is -2.11. The molecule has 0 heterocycles. The van der Waals surface area contributed by atoms with Crippen molar-refractivity contribution in [1.82, 2.24) is 5.32 Å². The van der Waals surface area contributed by atoms with Gasteiger partial charge < -0.3 is 11.1 Å². The molecule has 1 unspecified atom stereocenters. The third kappa shape index (κ3) is 14.1. The summed E-state index contributed by atoms with van der Waals surface area (Å²) in [5.74, 6) is -0.291. The van der Waals surface area contributed by atoms with Gasteiger partial charge in [-0.2, -0.15) is 0 Å². The van der Waals surface area contributed by atoms with Crippen LogP contribution in [0.4, 0.5) is 0 Å². The van der Waals surface area contributed by atoms with Crippen LogP contribution in [-0.4, -0.2) is 38.9 Å². The number of hydrogen-bond donors (Lipinski definition) is 2.